The lowest BCUT2D eigenvalue weighted by atomic mass is 10.1. The van der Waals surface area contributed by atoms with Crippen LogP contribution in [0.1, 0.15) is 11.1 Å². The maximum Gasteiger partial charge on any atom is 0.417 e. The van der Waals surface area contributed by atoms with Gasteiger partial charge in [-0.15, -0.1) is 11.8 Å². The Morgan fingerprint density at radius 1 is 1.00 bits per heavy atom. The van der Waals surface area contributed by atoms with E-state index in [4.69, 9.17) is 21.1 Å². The topological polar surface area (TPSA) is 84.2 Å². The Labute approximate surface area is 216 Å². The van der Waals surface area contributed by atoms with Crippen LogP contribution < -0.4 is 16.0 Å². The highest BCUT2D eigenvalue weighted by Crippen LogP contribution is 2.42. The molecule has 0 unspecified atom stereocenters. The number of rotatable bonds is 9. The molecule has 0 amide bonds. The minimum Gasteiger partial charge on any atom is -0.487 e. The molecule has 4 rings (SSSR count). The van der Waals surface area contributed by atoms with E-state index in [9.17, 15) is 27.2 Å². The number of halogens is 5. The second kappa shape index (κ2) is 11.4. The van der Waals surface area contributed by atoms with E-state index >= 15 is 0 Å². The lowest BCUT2D eigenvalue weighted by Crippen LogP contribution is -2.26. The highest BCUT2D eigenvalue weighted by molar-refractivity contribution is 7.99. The van der Waals surface area contributed by atoms with E-state index in [1.807, 2.05) is 35.3 Å². The van der Waals surface area contributed by atoms with E-state index in [0.717, 1.165) is 17.3 Å². The number of alkyl halides is 3. The van der Waals surface area contributed by atoms with Crippen LogP contribution in [0.25, 0.3) is 10.9 Å². The Kier molecular flexibility index (Phi) is 8.25. The molecule has 0 spiro atoms. The third kappa shape index (κ3) is 6.73. The zero-order valence-electron chi connectivity index (χ0n) is 18.9. The summed E-state index contributed by atoms with van der Waals surface area (Å²) in [5.41, 5.74) is -2.30. The normalized spacial score (nSPS) is 12.6. The van der Waals surface area contributed by atoms with Crippen LogP contribution in [0.3, 0.4) is 0 Å². The van der Waals surface area contributed by atoms with Gasteiger partial charge in [0.2, 0.25) is 0 Å². The molecule has 1 aromatic heterocycles. The largest absolute Gasteiger partial charge is 0.487 e. The van der Waals surface area contributed by atoms with Crippen molar-refractivity contribution in [1.29, 1.82) is 0 Å². The first-order valence-electron chi connectivity index (χ1n) is 10.8. The van der Waals surface area contributed by atoms with Crippen molar-refractivity contribution in [1.82, 2.24) is 9.97 Å². The maximum absolute atomic E-state index is 13.7. The molecule has 6 nitrogen and oxygen atoms in total. The summed E-state index contributed by atoms with van der Waals surface area (Å²) in [7, 11) is 0. The Hall–Kier alpha value is -3.28. The molecule has 0 radical (unpaired) electrons. The predicted molar refractivity (Wildman–Crippen MR) is 133 cm³/mol. The van der Waals surface area contributed by atoms with Crippen LogP contribution in [0.5, 0.6) is 5.75 Å². The first kappa shape index (κ1) is 26.8. The Morgan fingerprint density at radius 2 is 1.70 bits per heavy atom. The minimum atomic E-state index is -4.84. The molecule has 3 aromatic carbocycles. The number of H-pyrrole nitrogens is 2. The molecular formula is C25H19ClF4N2O4S. The molecule has 37 heavy (non-hydrogen) atoms. The standard InChI is InChI=1S/C25H19ClF4N2O4S/c26-20-19(25(28,29)30)10-18-21(31-24(34)32-23(18)33)22(20)37-13-17(36-16-8-6-15(27)7-9-16)12-35-11-14-4-2-1-3-5-14/h1-10,17H,11-13H2,(H2,31,32,33,34)/t17-/m0/s1. The van der Waals surface area contributed by atoms with E-state index < -0.39 is 39.9 Å². The van der Waals surface area contributed by atoms with Gasteiger partial charge < -0.3 is 14.5 Å². The van der Waals surface area contributed by atoms with E-state index in [2.05, 4.69) is 4.98 Å². The van der Waals surface area contributed by atoms with Gasteiger partial charge in [-0.05, 0) is 35.9 Å². The average molecular weight is 555 g/mol. The summed E-state index contributed by atoms with van der Waals surface area (Å²) < 4.78 is 66.0. The fourth-order valence-corrected chi connectivity index (χ4v) is 4.95. The molecular weight excluding hydrogens is 536 g/mol. The van der Waals surface area contributed by atoms with Crippen molar-refractivity contribution < 1.29 is 27.0 Å². The van der Waals surface area contributed by atoms with Gasteiger partial charge in [-0.1, -0.05) is 41.9 Å². The van der Waals surface area contributed by atoms with Gasteiger partial charge in [-0.3, -0.25) is 9.78 Å². The number of hydrogen-bond donors (Lipinski definition) is 2. The first-order chi connectivity index (χ1) is 17.6. The molecule has 0 bridgehead atoms. The summed E-state index contributed by atoms with van der Waals surface area (Å²) in [6, 6.07) is 15.1. The quantitative estimate of drug-likeness (QED) is 0.202. The molecule has 0 fully saturated rings. The Balaban J connectivity index is 1.63. The number of ether oxygens (including phenoxy) is 2. The second-order valence-electron chi connectivity index (χ2n) is 7.90. The Morgan fingerprint density at radius 3 is 2.38 bits per heavy atom. The molecule has 0 saturated heterocycles. The van der Waals surface area contributed by atoms with Crippen molar-refractivity contribution in [2.75, 3.05) is 12.4 Å². The zero-order chi connectivity index (χ0) is 26.6. The van der Waals surface area contributed by atoms with Crippen LogP contribution in [-0.4, -0.2) is 28.4 Å². The number of thioether (sulfide) groups is 1. The Bertz CT molecular complexity index is 1490. The number of nitrogens with one attached hydrogen (secondary N) is 2. The van der Waals surface area contributed by atoms with Gasteiger partial charge in [0.05, 0.1) is 39.6 Å². The van der Waals surface area contributed by atoms with Crippen LogP contribution in [0.15, 0.2) is 75.1 Å². The first-order valence-corrected chi connectivity index (χ1v) is 12.2. The summed E-state index contributed by atoms with van der Waals surface area (Å²) in [6.45, 7) is 0.287. The van der Waals surface area contributed by atoms with Crippen molar-refractivity contribution in [2.45, 2.75) is 23.8 Å². The summed E-state index contributed by atoms with van der Waals surface area (Å²) in [4.78, 5) is 28.3. The highest BCUT2D eigenvalue weighted by atomic mass is 35.5. The minimum absolute atomic E-state index is 0.0249. The second-order valence-corrected chi connectivity index (χ2v) is 9.31. The molecule has 0 saturated carbocycles. The molecule has 194 valence electrons. The van der Waals surface area contributed by atoms with E-state index in [0.29, 0.717) is 11.8 Å². The fourth-order valence-electron chi connectivity index (χ4n) is 3.47. The molecule has 12 heteroatoms. The van der Waals surface area contributed by atoms with E-state index in [1.165, 1.54) is 24.3 Å². The van der Waals surface area contributed by atoms with Crippen LogP contribution >= 0.6 is 23.4 Å². The third-order valence-corrected chi connectivity index (χ3v) is 6.92. The van der Waals surface area contributed by atoms with Gasteiger partial charge in [0.1, 0.15) is 17.7 Å². The maximum atomic E-state index is 13.7. The third-order valence-electron chi connectivity index (χ3n) is 5.18. The van der Waals surface area contributed by atoms with Gasteiger partial charge >= 0.3 is 11.9 Å². The van der Waals surface area contributed by atoms with Crippen LogP contribution in [0.2, 0.25) is 5.02 Å². The summed E-state index contributed by atoms with van der Waals surface area (Å²) >= 11 is 7.00. The van der Waals surface area contributed by atoms with Crippen molar-refractivity contribution >= 4 is 34.3 Å². The molecule has 0 aliphatic carbocycles. The molecule has 2 N–H and O–H groups in total. The molecule has 1 atom stereocenters. The van der Waals surface area contributed by atoms with Crippen LogP contribution in [-0.2, 0) is 17.5 Å². The smallest absolute Gasteiger partial charge is 0.417 e. The van der Waals surface area contributed by atoms with Gasteiger partial charge in [-0.25, -0.2) is 9.18 Å². The van der Waals surface area contributed by atoms with E-state index in [1.54, 1.807) is 0 Å². The molecule has 4 aromatic rings. The van der Waals surface area contributed by atoms with Crippen molar-refractivity contribution in [3.63, 3.8) is 0 Å². The SMILES string of the molecule is O=c1[nH]c(=O)c2cc(C(F)(F)F)c(Cl)c(SC[C@H](COCc3ccccc3)Oc3ccc(F)cc3)c2[nH]1. The van der Waals surface area contributed by atoms with Gasteiger partial charge in [-0.2, -0.15) is 13.2 Å². The number of hydrogen-bond acceptors (Lipinski definition) is 5. The van der Waals surface area contributed by atoms with Crippen LogP contribution in [0.4, 0.5) is 17.6 Å². The van der Waals surface area contributed by atoms with Crippen molar-refractivity contribution in [3.05, 3.63) is 103 Å². The number of aromatic nitrogens is 2. The van der Waals surface area contributed by atoms with Gasteiger partial charge in [0, 0.05) is 5.75 Å². The predicted octanol–water partition coefficient (Wildman–Crippen LogP) is 5.78. The van der Waals surface area contributed by atoms with E-state index in [-0.39, 0.29) is 34.8 Å². The van der Waals surface area contributed by atoms with Gasteiger partial charge in [0.15, 0.2) is 0 Å². The van der Waals surface area contributed by atoms with Crippen molar-refractivity contribution in [3.8, 4) is 5.75 Å². The zero-order valence-corrected chi connectivity index (χ0v) is 20.5. The number of benzene rings is 3. The monoisotopic (exact) mass is 554 g/mol. The number of fused-ring (bicyclic) bond motifs is 1. The fraction of sp³-hybridized carbons (Fsp3) is 0.200. The summed E-state index contributed by atoms with van der Waals surface area (Å²) in [5.74, 6) is -0.118. The summed E-state index contributed by atoms with van der Waals surface area (Å²) in [6.07, 6.45) is -5.56. The number of aromatic amines is 2. The summed E-state index contributed by atoms with van der Waals surface area (Å²) in [5, 5.41) is -1.02. The average Bonchev–Trinajstić information content (AvgIpc) is 2.84. The van der Waals surface area contributed by atoms with Gasteiger partial charge in [0.25, 0.3) is 5.56 Å². The molecule has 0 aliphatic rings. The molecule has 0 aliphatic heterocycles. The molecule has 1 heterocycles. The van der Waals surface area contributed by atoms with Crippen LogP contribution in [0, 0.1) is 5.82 Å². The lowest BCUT2D eigenvalue weighted by molar-refractivity contribution is -0.137. The lowest BCUT2D eigenvalue weighted by Gasteiger charge is -2.21. The van der Waals surface area contributed by atoms with Crippen molar-refractivity contribution in [2.24, 2.45) is 0 Å². The highest BCUT2D eigenvalue weighted by Gasteiger charge is 2.36.